The second-order valence-corrected chi connectivity index (χ2v) is 7.64. The zero-order chi connectivity index (χ0) is 18.7. The van der Waals surface area contributed by atoms with Crippen molar-refractivity contribution in [1.82, 2.24) is 20.4 Å². The van der Waals surface area contributed by atoms with Crippen molar-refractivity contribution in [3.63, 3.8) is 0 Å². The van der Waals surface area contributed by atoms with E-state index in [1.807, 2.05) is 0 Å². The van der Waals surface area contributed by atoms with E-state index in [1.54, 1.807) is 11.3 Å². The average molecular weight is 386 g/mol. The molecule has 0 saturated carbocycles. The molecule has 0 radical (unpaired) electrons. The summed E-state index contributed by atoms with van der Waals surface area (Å²) in [6.07, 6.45) is 0. The van der Waals surface area contributed by atoms with Crippen molar-refractivity contribution in [2.24, 2.45) is 4.99 Å². The molecule has 0 atom stereocenters. The molecule has 0 unspecified atom stereocenters. The predicted octanol–water partition coefficient (Wildman–Crippen LogP) is 2.62. The maximum atomic E-state index is 4.67. The molecular weight excluding hydrogens is 354 g/mol. The Labute approximate surface area is 167 Å². The first-order valence-corrected chi connectivity index (χ1v) is 10.8. The monoisotopic (exact) mass is 385 g/mol. The Balaban J connectivity index is 1.35. The second-order valence-electron chi connectivity index (χ2n) is 6.86. The minimum absolute atomic E-state index is 0.733. The van der Waals surface area contributed by atoms with Crippen LogP contribution in [0.4, 0.5) is 0 Å². The van der Waals surface area contributed by atoms with Crippen LogP contribution in [0.25, 0.3) is 0 Å². The van der Waals surface area contributed by atoms with E-state index in [2.05, 4.69) is 79.5 Å². The number of aliphatic imine (C=N–C) groups is 1. The summed E-state index contributed by atoms with van der Waals surface area (Å²) in [5.41, 5.74) is 2.68. The van der Waals surface area contributed by atoms with E-state index in [-0.39, 0.29) is 0 Å². The number of guanidine groups is 1. The van der Waals surface area contributed by atoms with E-state index in [4.69, 9.17) is 0 Å². The highest BCUT2D eigenvalue weighted by Gasteiger charge is 2.16. The van der Waals surface area contributed by atoms with Crippen LogP contribution >= 0.6 is 11.3 Å². The van der Waals surface area contributed by atoms with Gasteiger partial charge >= 0.3 is 0 Å². The van der Waals surface area contributed by atoms with Crippen molar-refractivity contribution < 1.29 is 0 Å². The Morgan fingerprint density at radius 2 is 1.78 bits per heavy atom. The highest BCUT2D eigenvalue weighted by Crippen LogP contribution is 2.08. The fourth-order valence-corrected chi connectivity index (χ4v) is 3.90. The Hall–Kier alpha value is -1.89. The first kappa shape index (κ1) is 19.9. The topological polar surface area (TPSA) is 42.9 Å². The molecule has 3 rings (SSSR count). The number of nitrogens with one attached hydrogen (secondary N) is 2. The van der Waals surface area contributed by atoms with Crippen molar-refractivity contribution in [2.45, 2.75) is 20.0 Å². The molecule has 2 N–H and O–H groups in total. The van der Waals surface area contributed by atoms with Crippen molar-refractivity contribution in [2.75, 3.05) is 45.8 Å². The summed E-state index contributed by atoms with van der Waals surface area (Å²) in [6.45, 7) is 11.3. The molecule has 1 aromatic heterocycles. The number of thiophene rings is 1. The van der Waals surface area contributed by atoms with E-state index in [0.29, 0.717) is 0 Å². The Kier molecular flexibility index (Phi) is 8.14. The van der Waals surface area contributed by atoms with E-state index < -0.39 is 0 Å². The van der Waals surface area contributed by atoms with E-state index in [9.17, 15) is 0 Å². The van der Waals surface area contributed by atoms with Gasteiger partial charge < -0.3 is 10.6 Å². The van der Waals surface area contributed by atoms with Gasteiger partial charge in [0.05, 0.1) is 6.54 Å². The summed E-state index contributed by atoms with van der Waals surface area (Å²) in [6, 6.07) is 12.9. The van der Waals surface area contributed by atoms with Crippen molar-refractivity contribution in [3.05, 3.63) is 58.3 Å². The number of hydrogen-bond donors (Lipinski definition) is 2. The maximum absolute atomic E-state index is 4.67. The molecular formula is C21H31N5S. The quantitative estimate of drug-likeness (QED) is 0.542. The molecule has 6 heteroatoms. The van der Waals surface area contributed by atoms with Gasteiger partial charge in [-0.05, 0) is 34.9 Å². The molecule has 1 fully saturated rings. The Bertz CT molecular complexity index is 663. The largest absolute Gasteiger partial charge is 0.357 e. The lowest BCUT2D eigenvalue weighted by Gasteiger charge is -2.34. The summed E-state index contributed by atoms with van der Waals surface area (Å²) < 4.78 is 0. The fourth-order valence-electron chi connectivity index (χ4n) is 3.24. The zero-order valence-electron chi connectivity index (χ0n) is 16.2. The second kappa shape index (κ2) is 11.1. The van der Waals surface area contributed by atoms with Crippen LogP contribution in [0.5, 0.6) is 0 Å². The van der Waals surface area contributed by atoms with Crippen LogP contribution in [-0.2, 0) is 13.1 Å². The highest BCUT2D eigenvalue weighted by molar-refractivity contribution is 7.07. The third-order valence-electron chi connectivity index (χ3n) is 4.78. The SMILES string of the molecule is CCNC(=NCc1ccsc1)NCCN1CCN(Cc2ccccc2)CC1. The van der Waals surface area contributed by atoms with E-state index >= 15 is 0 Å². The third-order valence-corrected chi connectivity index (χ3v) is 5.51. The average Bonchev–Trinajstić information content (AvgIpc) is 3.22. The molecule has 27 heavy (non-hydrogen) atoms. The van der Waals surface area contributed by atoms with Gasteiger partial charge in [-0.2, -0.15) is 11.3 Å². The van der Waals surface area contributed by atoms with Crippen LogP contribution in [0.3, 0.4) is 0 Å². The maximum Gasteiger partial charge on any atom is 0.191 e. The molecule has 2 heterocycles. The molecule has 0 bridgehead atoms. The number of hydrogen-bond acceptors (Lipinski definition) is 4. The summed E-state index contributed by atoms with van der Waals surface area (Å²) in [4.78, 5) is 9.76. The van der Waals surface area contributed by atoms with E-state index in [1.165, 1.54) is 11.1 Å². The summed E-state index contributed by atoms with van der Waals surface area (Å²) in [5.74, 6) is 0.909. The zero-order valence-corrected chi connectivity index (χ0v) is 17.0. The van der Waals surface area contributed by atoms with Gasteiger partial charge in [-0.3, -0.25) is 9.80 Å². The minimum Gasteiger partial charge on any atom is -0.357 e. The molecule has 1 aliphatic heterocycles. The van der Waals surface area contributed by atoms with Gasteiger partial charge in [0.1, 0.15) is 0 Å². The first-order valence-electron chi connectivity index (χ1n) is 9.85. The molecule has 146 valence electrons. The van der Waals surface area contributed by atoms with Gasteiger partial charge in [-0.25, -0.2) is 4.99 Å². The molecule has 1 aromatic carbocycles. The van der Waals surface area contributed by atoms with Crippen LogP contribution in [0.1, 0.15) is 18.1 Å². The number of benzene rings is 1. The number of piperazine rings is 1. The normalized spacial score (nSPS) is 16.4. The molecule has 1 aliphatic rings. The van der Waals surface area contributed by atoms with Gasteiger partial charge in [-0.15, -0.1) is 0 Å². The predicted molar refractivity (Wildman–Crippen MR) is 115 cm³/mol. The first-order chi connectivity index (χ1) is 13.3. The molecule has 1 saturated heterocycles. The molecule has 2 aromatic rings. The van der Waals surface area contributed by atoms with Crippen LogP contribution in [0.15, 0.2) is 52.2 Å². The Morgan fingerprint density at radius 3 is 2.48 bits per heavy atom. The van der Waals surface area contributed by atoms with Crippen LogP contribution in [-0.4, -0.2) is 61.6 Å². The molecule has 0 amide bonds. The lowest BCUT2D eigenvalue weighted by molar-refractivity contribution is 0.129. The molecule has 0 aliphatic carbocycles. The van der Waals surface area contributed by atoms with Crippen LogP contribution < -0.4 is 10.6 Å². The third kappa shape index (κ3) is 6.97. The minimum atomic E-state index is 0.733. The van der Waals surface area contributed by atoms with E-state index in [0.717, 1.165) is 64.9 Å². The standard InChI is InChI=1S/C21H31N5S/c1-2-22-21(24-16-20-8-15-27-18-20)23-9-10-25-11-13-26(14-12-25)17-19-6-4-3-5-7-19/h3-8,15,18H,2,9-14,16-17H2,1H3,(H2,22,23,24). The molecule has 0 spiro atoms. The number of rotatable bonds is 8. The van der Waals surface area contributed by atoms with Gasteiger partial charge in [0, 0.05) is 52.4 Å². The van der Waals surface area contributed by atoms with Gasteiger partial charge in [-0.1, -0.05) is 30.3 Å². The van der Waals surface area contributed by atoms with Crippen LogP contribution in [0.2, 0.25) is 0 Å². The molecule has 5 nitrogen and oxygen atoms in total. The van der Waals surface area contributed by atoms with Crippen molar-refractivity contribution in [3.8, 4) is 0 Å². The summed E-state index contributed by atoms with van der Waals surface area (Å²) >= 11 is 1.72. The smallest absolute Gasteiger partial charge is 0.191 e. The van der Waals surface area contributed by atoms with Gasteiger partial charge in [0.2, 0.25) is 0 Å². The van der Waals surface area contributed by atoms with Crippen molar-refractivity contribution >= 4 is 17.3 Å². The van der Waals surface area contributed by atoms with Gasteiger partial charge in [0.25, 0.3) is 0 Å². The summed E-state index contributed by atoms with van der Waals surface area (Å²) in [5, 5.41) is 11.1. The lowest BCUT2D eigenvalue weighted by Crippen LogP contribution is -2.49. The fraction of sp³-hybridized carbons (Fsp3) is 0.476. The van der Waals surface area contributed by atoms with Crippen molar-refractivity contribution in [1.29, 1.82) is 0 Å². The number of nitrogens with zero attached hydrogens (tertiary/aromatic N) is 3. The van der Waals surface area contributed by atoms with Gasteiger partial charge in [0.15, 0.2) is 5.96 Å². The summed E-state index contributed by atoms with van der Waals surface area (Å²) in [7, 11) is 0. The highest BCUT2D eigenvalue weighted by atomic mass is 32.1. The Morgan fingerprint density at radius 1 is 1.00 bits per heavy atom. The lowest BCUT2D eigenvalue weighted by atomic mass is 10.2. The van der Waals surface area contributed by atoms with Crippen LogP contribution in [0, 0.1) is 0 Å².